The summed E-state index contributed by atoms with van der Waals surface area (Å²) in [5.41, 5.74) is 8.37. The summed E-state index contributed by atoms with van der Waals surface area (Å²) in [5, 5.41) is 3.10. The van der Waals surface area contributed by atoms with Crippen molar-refractivity contribution in [2.75, 3.05) is 11.9 Å². The lowest BCUT2D eigenvalue weighted by atomic mass is 9.99. The summed E-state index contributed by atoms with van der Waals surface area (Å²) in [5.74, 6) is 0.199. The monoisotopic (exact) mass is 422 g/mol. The van der Waals surface area contributed by atoms with E-state index in [1.54, 1.807) is 44.3 Å². The third-order valence-electron chi connectivity index (χ3n) is 5.51. The molecule has 3 N–H and O–H groups in total. The average molecular weight is 422 g/mol. The van der Waals surface area contributed by atoms with E-state index in [2.05, 4.69) is 10.3 Å². The predicted octanol–water partition coefficient (Wildman–Crippen LogP) is 2.93. The van der Waals surface area contributed by atoms with Crippen molar-refractivity contribution in [3.8, 4) is 16.9 Å². The number of benzene rings is 2. The molecule has 0 saturated carbocycles. The van der Waals surface area contributed by atoms with E-state index in [0.29, 0.717) is 46.3 Å². The van der Waals surface area contributed by atoms with Crippen molar-refractivity contribution in [2.24, 2.45) is 12.8 Å². The largest absolute Gasteiger partial charge is 0.493 e. The van der Waals surface area contributed by atoms with Crippen LogP contribution in [0.1, 0.15) is 33.6 Å². The molecule has 1 aromatic heterocycles. The van der Waals surface area contributed by atoms with Crippen molar-refractivity contribution in [1.82, 2.24) is 9.55 Å². The summed E-state index contributed by atoms with van der Waals surface area (Å²) < 4.78 is 21.5. The predicted molar refractivity (Wildman–Crippen MR) is 116 cm³/mol. The summed E-state index contributed by atoms with van der Waals surface area (Å²) in [6, 6.07) is 9.55. The van der Waals surface area contributed by atoms with Gasteiger partial charge in [0, 0.05) is 30.3 Å². The number of fused-ring (bicyclic) bond motifs is 1. The SMILES string of the molecule is Cc1nc(NCc2c(F)ccc3c2CCCO3)n(C)c(=O)c1-c1ccc(C(N)=O)cc1. The number of nitrogens with one attached hydrogen (secondary N) is 1. The molecule has 8 heteroatoms. The number of halogens is 1. The van der Waals surface area contributed by atoms with Crippen molar-refractivity contribution in [1.29, 1.82) is 0 Å². The maximum Gasteiger partial charge on any atom is 0.262 e. The van der Waals surface area contributed by atoms with Crippen molar-refractivity contribution in [3.63, 3.8) is 0 Å². The Bertz CT molecular complexity index is 1220. The molecule has 4 rings (SSSR count). The lowest BCUT2D eigenvalue weighted by Gasteiger charge is -2.21. The Morgan fingerprint density at radius 1 is 1.26 bits per heavy atom. The molecule has 0 unspecified atom stereocenters. The van der Waals surface area contributed by atoms with Gasteiger partial charge in [-0.1, -0.05) is 12.1 Å². The minimum Gasteiger partial charge on any atom is -0.493 e. The number of hydrogen-bond donors (Lipinski definition) is 2. The molecule has 0 saturated heterocycles. The summed E-state index contributed by atoms with van der Waals surface area (Å²) in [6.45, 7) is 2.55. The number of nitrogens with two attached hydrogens (primary N) is 1. The van der Waals surface area contributed by atoms with Gasteiger partial charge in [0.25, 0.3) is 5.56 Å². The van der Waals surface area contributed by atoms with Crippen LogP contribution in [-0.4, -0.2) is 22.1 Å². The van der Waals surface area contributed by atoms with E-state index in [1.165, 1.54) is 10.6 Å². The molecule has 2 aromatic carbocycles. The molecule has 31 heavy (non-hydrogen) atoms. The fourth-order valence-electron chi connectivity index (χ4n) is 3.84. The summed E-state index contributed by atoms with van der Waals surface area (Å²) in [6.07, 6.45) is 1.58. The normalized spacial score (nSPS) is 12.7. The molecule has 1 aliphatic rings. The van der Waals surface area contributed by atoms with Gasteiger partial charge >= 0.3 is 0 Å². The Kier molecular flexibility index (Phi) is 5.46. The zero-order valence-electron chi connectivity index (χ0n) is 17.4. The molecule has 0 aliphatic carbocycles. The minimum atomic E-state index is -0.533. The number of ether oxygens (including phenoxy) is 1. The topological polar surface area (TPSA) is 99.2 Å². The Hall–Kier alpha value is -3.68. The number of rotatable bonds is 5. The third-order valence-corrected chi connectivity index (χ3v) is 5.51. The quantitative estimate of drug-likeness (QED) is 0.659. The van der Waals surface area contributed by atoms with E-state index in [-0.39, 0.29) is 17.9 Å². The molecular weight excluding hydrogens is 399 g/mol. The Morgan fingerprint density at radius 2 is 2.00 bits per heavy atom. The first kappa shape index (κ1) is 20.6. The lowest BCUT2D eigenvalue weighted by molar-refractivity contribution is 0.100. The van der Waals surface area contributed by atoms with Crippen molar-refractivity contribution in [2.45, 2.75) is 26.3 Å². The maximum absolute atomic E-state index is 14.5. The number of amides is 1. The fourth-order valence-corrected chi connectivity index (χ4v) is 3.84. The van der Waals surface area contributed by atoms with Crippen LogP contribution in [0.5, 0.6) is 5.75 Å². The Labute approximate surface area is 178 Å². The summed E-state index contributed by atoms with van der Waals surface area (Å²) >= 11 is 0. The van der Waals surface area contributed by atoms with Gasteiger partial charge in [0.2, 0.25) is 11.9 Å². The number of carbonyl (C=O) groups excluding carboxylic acids is 1. The highest BCUT2D eigenvalue weighted by molar-refractivity contribution is 5.93. The van der Waals surface area contributed by atoms with Gasteiger partial charge in [0.1, 0.15) is 11.6 Å². The number of anilines is 1. The zero-order chi connectivity index (χ0) is 22.1. The number of nitrogens with zero attached hydrogens (tertiary/aromatic N) is 2. The van der Waals surface area contributed by atoms with Gasteiger partial charge in [-0.3, -0.25) is 14.2 Å². The molecular formula is C23H23FN4O3. The average Bonchev–Trinajstić information content (AvgIpc) is 2.76. The molecule has 0 radical (unpaired) electrons. The van der Waals surface area contributed by atoms with Gasteiger partial charge < -0.3 is 15.8 Å². The van der Waals surface area contributed by atoms with Gasteiger partial charge in [0.05, 0.1) is 17.9 Å². The van der Waals surface area contributed by atoms with Crippen LogP contribution in [0, 0.1) is 12.7 Å². The molecule has 0 fully saturated rings. The van der Waals surface area contributed by atoms with E-state index in [1.807, 2.05) is 0 Å². The van der Waals surface area contributed by atoms with Crippen molar-refractivity contribution in [3.05, 3.63) is 75.0 Å². The number of aromatic nitrogens is 2. The molecule has 0 bridgehead atoms. The van der Waals surface area contributed by atoms with Gasteiger partial charge in [-0.05, 0) is 49.6 Å². The van der Waals surface area contributed by atoms with Crippen LogP contribution in [0.25, 0.3) is 11.1 Å². The highest BCUT2D eigenvalue weighted by Gasteiger charge is 2.19. The molecule has 0 atom stereocenters. The van der Waals surface area contributed by atoms with Crippen LogP contribution in [0.4, 0.5) is 10.3 Å². The van der Waals surface area contributed by atoms with E-state index < -0.39 is 5.91 Å². The number of hydrogen-bond acceptors (Lipinski definition) is 5. The first-order chi connectivity index (χ1) is 14.9. The van der Waals surface area contributed by atoms with Crippen molar-refractivity contribution < 1.29 is 13.9 Å². The van der Waals surface area contributed by atoms with Crippen LogP contribution in [-0.2, 0) is 20.0 Å². The van der Waals surface area contributed by atoms with Crippen LogP contribution in [0.3, 0.4) is 0 Å². The first-order valence-electron chi connectivity index (χ1n) is 10.0. The van der Waals surface area contributed by atoms with E-state index in [0.717, 1.165) is 18.4 Å². The zero-order valence-corrected chi connectivity index (χ0v) is 17.4. The maximum atomic E-state index is 14.5. The first-order valence-corrected chi connectivity index (χ1v) is 10.0. The standard InChI is InChI=1S/C23H23FN4O3/c1-13-20(14-5-7-15(8-6-14)21(25)29)22(30)28(2)23(27-13)26-12-17-16-4-3-11-31-19(16)10-9-18(17)24/h5-10H,3-4,11-12H2,1-2H3,(H2,25,29)(H,26,27). The molecule has 1 aliphatic heterocycles. The number of primary amides is 1. The number of aryl methyl sites for hydroxylation is 1. The van der Waals surface area contributed by atoms with Crippen LogP contribution >= 0.6 is 0 Å². The molecule has 7 nitrogen and oxygen atoms in total. The Morgan fingerprint density at radius 3 is 2.71 bits per heavy atom. The van der Waals surface area contributed by atoms with Crippen LogP contribution < -0.4 is 21.3 Å². The van der Waals surface area contributed by atoms with Crippen molar-refractivity contribution >= 4 is 11.9 Å². The highest BCUT2D eigenvalue weighted by Crippen LogP contribution is 2.30. The molecule has 0 spiro atoms. The molecule has 160 valence electrons. The molecule has 3 aromatic rings. The van der Waals surface area contributed by atoms with E-state index in [9.17, 15) is 14.0 Å². The lowest BCUT2D eigenvalue weighted by Crippen LogP contribution is -2.25. The molecule has 1 amide bonds. The van der Waals surface area contributed by atoms with Gasteiger partial charge in [-0.2, -0.15) is 0 Å². The summed E-state index contributed by atoms with van der Waals surface area (Å²) in [4.78, 5) is 28.9. The van der Waals surface area contributed by atoms with E-state index in [4.69, 9.17) is 10.5 Å². The van der Waals surface area contributed by atoms with Gasteiger partial charge in [-0.15, -0.1) is 0 Å². The fraction of sp³-hybridized carbons (Fsp3) is 0.261. The summed E-state index contributed by atoms with van der Waals surface area (Å²) in [7, 11) is 1.61. The number of carbonyl (C=O) groups is 1. The van der Waals surface area contributed by atoms with Gasteiger partial charge in [-0.25, -0.2) is 9.37 Å². The second-order valence-corrected chi connectivity index (χ2v) is 7.51. The third kappa shape index (κ3) is 3.88. The van der Waals surface area contributed by atoms with Crippen LogP contribution in [0.15, 0.2) is 41.2 Å². The van der Waals surface area contributed by atoms with E-state index >= 15 is 0 Å². The second kappa shape index (κ2) is 8.22. The minimum absolute atomic E-state index is 0.185. The molecule has 2 heterocycles. The van der Waals surface area contributed by atoms with Crippen LogP contribution in [0.2, 0.25) is 0 Å². The smallest absolute Gasteiger partial charge is 0.262 e. The van der Waals surface area contributed by atoms with Gasteiger partial charge in [0.15, 0.2) is 0 Å². The second-order valence-electron chi connectivity index (χ2n) is 7.51. The Balaban J connectivity index is 1.65. The highest BCUT2D eigenvalue weighted by atomic mass is 19.1.